The molecule has 1 N–H and O–H groups in total. The number of pyridine rings is 1. The lowest BCUT2D eigenvalue weighted by atomic mass is 10.2. The van der Waals surface area contributed by atoms with Gasteiger partial charge >= 0.3 is 6.03 Å². The van der Waals surface area contributed by atoms with Crippen molar-refractivity contribution in [1.29, 1.82) is 0 Å². The fraction of sp³-hybridized carbons (Fsp3) is 0.250. The van der Waals surface area contributed by atoms with E-state index in [-0.39, 0.29) is 16.1 Å². The number of piperazine rings is 1. The van der Waals surface area contributed by atoms with Gasteiger partial charge in [-0.2, -0.15) is 0 Å². The van der Waals surface area contributed by atoms with Gasteiger partial charge in [-0.25, -0.2) is 4.79 Å². The van der Waals surface area contributed by atoms with Crippen LogP contribution >= 0.6 is 58.0 Å². The number of carbonyl (C=O) groups excluding carboxylic acids is 1. The lowest BCUT2D eigenvalue weighted by molar-refractivity contribution is 0.208. The highest BCUT2D eigenvalue weighted by Gasteiger charge is 2.25. The molecule has 1 aromatic carbocycles. The number of benzene rings is 1. The maximum Gasteiger partial charge on any atom is 0.322 e. The van der Waals surface area contributed by atoms with Crippen LogP contribution in [0, 0.1) is 0 Å². The summed E-state index contributed by atoms with van der Waals surface area (Å²) < 4.78 is 0. The minimum absolute atomic E-state index is 0.282. The zero-order chi connectivity index (χ0) is 18.8. The topological polar surface area (TPSA) is 48.5 Å². The number of anilines is 2. The summed E-state index contributed by atoms with van der Waals surface area (Å²) in [7, 11) is 0. The SMILES string of the molecule is O=C(Nc1c(Cl)cc(Cl)cc1Cl)N1CCN(c2c(Cl)cncc2Cl)CC1. The third-order valence-electron chi connectivity index (χ3n) is 3.95. The van der Waals surface area contributed by atoms with Crippen molar-refractivity contribution in [2.24, 2.45) is 0 Å². The second kappa shape index (κ2) is 8.28. The molecular formula is C16H13Cl5N4O. The summed E-state index contributed by atoms with van der Waals surface area (Å²) in [5.74, 6) is 0. The Labute approximate surface area is 175 Å². The van der Waals surface area contributed by atoms with Crippen LogP contribution in [0.25, 0.3) is 0 Å². The second-order valence-electron chi connectivity index (χ2n) is 5.60. The van der Waals surface area contributed by atoms with Gasteiger partial charge in [0, 0.05) is 43.6 Å². The maximum atomic E-state index is 12.5. The van der Waals surface area contributed by atoms with Crippen LogP contribution in [0.1, 0.15) is 0 Å². The van der Waals surface area contributed by atoms with E-state index in [2.05, 4.69) is 10.3 Å². The van der Waals surface area contributed by atoms with Gasteiger partial charge in [0.05, 0.1) is 31.5 Å². The molecule has 2 heterocycles. The molecule has 1 aromatic heterocycles. The number of urea groups is 1. The van der Waals surface area contributed by atoms with E-state index in [1.165, 1.54) is 12.1 Å². The van der Waals surface area contributed by atoms with Crippen LogP contribution in [-0.4, -0.2) is 42.1 Å². The molecule has 10 heteroatoms. The number of hydrogen-bond acceptors (Lipinski definition) is 3. The van der Waals surface area contributed by atoms with Gasteiger partial charge in [0.15, 0.2) is 0 Å². The van der Waals surface area contributed by atoms with Gasteiger partial charge < -0.3 is 15.1 Å². The highest BCUT2D eigenvalue weighted by atomic mass is 35.5. The minimum Gasteiger partial charge on any atom is -0.365 e. The van der Waals surface area contributed by atoms with Crippen molar-refractivity contribution in [3.8, 4) is 0 Å². The Morgan fingerprint density at radius 2 is 1.42 bits per heavy atom. The van der Waals surface area contributed by atoms with Gasteiger partial charge in [0.1, 0.15) is 0 Å². The average molecular weight is 455 g/mol. The van der Waals surface area contributed by atoms with E-state index in [0.29, 0.717) is 46.9 Å². The van der Waals surface area contributed by atoms with Crippen molar-refractivity contribution < 1.29 is 4.79 Å². The third-order valence-corrected chi connectivity index (χ3v) is 5.32. The Morgan fingerprint density at radius 3 is 1.96 bits per heavy atom. The highest BCUT2D eigenvalue weighted by Crippen LogP contribution is 2.35. The molecule has 0 bridgehead atoms. The summed E-state index contributed by atoms with van der Waals surface area (Å²) in [6.07, 6.45) is 3.10. The lowest BCUT2D eigenvalue weighted by Gasteiger charge is -2.36. The molecule has 0 radical (unpaired) electrons. The van der Waals surface area contributed by atoms with Crippen molar-refractivity contribution in [2.75, 3.05) is 36.4 Å². The Morgan fingerprint density at radius 1 is 0.885 bits per heavy atom. The molecule has 0 saturated carbocycles. The maximum absolute atomic E-state index is 12.5. The smallest absolute Gasteiger partial charge is 0.322 e. The number of hydrogen-bond donors (Lipinski definition) is 1. The summed E-state index contributed by atoms with van der Waals surface area (Å²) in [6, 6.07) is 2.76. The van der Waals surface area contributed by atoms with E-state index < -0.39 is 0 Å². The summed E-state index contributed by atoms with van der Waals surface area (Å²) in [5, 5.41) is 4.66. The minimum atomic E-state index is -0.289. The Bertz CT molecular complexity index is 796. The first kappa shape index (κ1) is 19.6. The van der Waals surface area contributed by atoms with Gasteiger partial charge in [0.2, 0.25) is 0 Å². The number of amides is 2. The molecule has 138 valence electrons. The molecule has 0 aliphatic carbocycles. The molecule has 2 aromatic rings. The van der Waals surface area contributed by atoms with E-state index in [9.17, 15) is 4.79 Å². The van der Waals surface area contributed by atoms with Crippen LogP contribution in [0.15, 0.2) is 24.5 Å². The highest BCUT2D eigenvalue weighted by molar-refractivity contribution is 6.42. The Kier molecular flexibility index (Phi) is 6.25. The van der Waals surface area contributed by atoms with Crippen LogP contribution in [0.5, 0.6) is 0 Å². The largest absolute Gasteiger partial charge is 0.365 e. The zero-order valence-corrected chi connectivity index (χ0v) is 17.1. The van der Waals surface area contributed by atoms with Crippen molar-refractivity contribution in [1.82, 2.24) is 9.88 Å². The van der Waals surface area contributed by atoms with Crippen molar-refractivity contribution in [2.45, 2.75) is 0 Å². The number of rotatable bonds is 2. The van der Waals surface area contributed by atoms with E-state index in [1.807, 2.05) is 4.90 Å². The molecule has 1 aliphatic heterocycles. The first-order chi connectivity index (χ1) is 12.4. The fourth-order valence-electron chi connectivity index (χ4n) is 2.69. The van der Waals surface area contributed by atoms with Crippen LogP contribution in [0.4, 0.5) is 16.2 Å². The van der Waals surface area contributed by atoms with Gasteiger partial charge in [-0.05, 0) is 12.1 Å². The predicted octanol–water partition coefficient (Wildman–Crippen LogP) is 5.70. The quantitative estimate of drug-likeness (QED) is 0.633. The van der Waals surface area contributed by atoms with E-state index in [0.717, 1.165) is 5.69 Å². The molecule has 2 amide bonds. The lowest BCUT2D eigenvalue weighted by Crippen LogP contribution is -2.50. The first-order valence-electron chi connectivity index (χ1n) is 7.61. The molecular weight excluding hydrogens is 441 g/mol. The van der Waals surface area contributed by atoms with Crippen LogP contribution in [-0.2, 0) is 0 Å². The van der Waals surface area contributed by atoms with Gasteiger partial charge in [-0.3, -0.25) is 4.98 Å². The van der Waals surface area contributed by atoms with E-state index >= 15 is 0 Å². The van der Waals surface area contributed by atoms with Crippen LogP contribution < -0.4 is 10.2 Å². The predicted molar refractivity (Wildman–Crippen MR) is 109 cm³/mol. The summed E-state index contributed by atoms with van der Waals surface area (Å²) in [6.45, 7) is 2.14. The van der Waals surface area contributed by atoms with Gasteiger partial charge in [0.25, 0.3) is 0 Å². The first-order valence-corrected chi connectivity index (χ1v) is 9.50. The molecule has 1 aliphatic rings. The molecule has 1 fully saturated rings. The molecule has 0 atom stereocenters. The van der Waals surface area contributed by atoms with Crippen LogP contribution in [0.2, 0.25) is 25.1 Å². The Balaban J connectivity index is 1.66. The number of nitrogens with one attached hydrogen (secondary N) is 1. The van der Waals surface area contributed by atoms with Crippen molar-refractivity contribution >= 4 is 75.4 Å². The zero-order valence-electron chi connectivity index (χ0n) is 13.3. The average Bonchev–Trinajstić information content (AvgIpc) is 2.58. The molecule has 0 unspecified atom stereocenters. The summed E-state index contributed by atoms with van der Waals surface area (Å²) in [5.41, 5.74) is 1.07. The molecule has 3 rings (SSSR count). The molecule has 5 nitrogen and oxygen atoms in total. The van der Waals surface area contributed by atoms with Gasteiger partial charge in [-0.15, -0.1) is 0 Å². The molecule has 0 spiro atoms. The normalized spacial score (nSPS) is 14.5. The summed E-state index contributed by atoms with van der Waals surface area (Å²) >= 11 is 30.5. The fourth-order valence-corrected chi connectivity index (χ4v) is 4.20. The molecule has 26 heavy (non-hydrogen) atoms. The summed E-state index contributed by atoms with van der Waals surface area (Å²) in [4.78, 5) is 20.2. The standard InChI is InChI=1S/C16H13Cl5N4O/c17-9-5-10(18)14(11(19)6-9)23-16(26)25-3-1-24(2-4-25)15-12(20)7-22-8-13(15)21/h5-8H,1-4H2,(H,23,26). The van der Waals surface area contributed by atoms with Crippen molar-refractivity contribution in [3.63, 3.8) is 0 Å². The van der Waals surface area contributed by atoms with Crippen molar-refractivity contribution in [3.05, 3.63) is 49.6 Å². The van der Waals surface area contributed by atoms with Gasteiger partial charge in [-0.1, -0.05) is 58.0 Å². The van der Waals surface area contributed by atoms with E-state index in [1.54, 1.807) is 17.3 Å². The number of halogens is 5. The van der Waals surface area contributed by atoms with E-state index in [4.69, 9.17) is 58.0 Å². The Hall–Kier alpha value is -1.11. The second-order valence-corrected chi connectivity index (χ2v) is 7.67. The van der Waals surface area contributed by atoms with Crippen LogP contribution in [0.3, 0.4) is 0 Å². The number of nitrogens with zero attached hydrogens (tertiary/aromatic N) is 3. The third kappa shape index (κ3) is 4.24. The number of aromatic nitrogens is 1. The molecule has 1 saturated heterocycles. The monoisotopic (exact) mass is 452 g/mol. The number of carbonyl (C=O) groups is 1.